The fourth-order valence-corrected chi connectivity index (χ4v) is 2.69. The lowest BCUT2D eigenvalue weighted by Crippen LogP contribution is -1.97. The molecule has 0 saturated carbocycles. The summed E-state index contributed by atoms with van der Waals surface area (Å²) in [5.74, 6) is 0. The van der Waals surface area contributed by atoms with Gasteiger partial charge in [-0.25, -0.2) is 0 Å². The molecule has 0 unspecified atom stereocenters. The summed E-state index contributed by atoms with van der Waals surface area (Å²) in [7, 11) is 0. The molecule has 0 saturated heterocycles. The van der Waals surface area contributed by atoms with Gasteiger partial charge in [0.05, 0.1) is 0 Å². The van der Waals surface area contributed by atoms with Crippen molar-refractivity contribution in [2.24, 2.45) is 5.73 Å². The Labute approximate surface area is 184 Å². The lowest BCUT2D eigenvalue weighted by atomic mass is 10.0. The minimum absolute atomic E-state index is 0. The largest absolute Gasteiger partial charge is 0.344 e. The molecular weight excluding hydrogens is 498 g/mol. The van der Waals surface area contributed by atoms with Crippen LogP contribution in [0.1, 0.15) is 110 Å². The zero-order valence-electron chi connectivity index (χ0n) is 16.2. The maximum Gasteiger partial charge on any atom is -0.00773 e. The molecule has 0 atom stereocenters. The topological polar surface area (TPSA) is 96.0 Å². The summed E-state index contributed by atoms with van der Waals surface area (Å²) in [5.41, 5.74) is 5.48. The van der Waals surface area contributed by atoms with Gasteiger partial charge in [0.1, 0.15) is 0 Å². The molecule has 0 spiro atoms. The Kier molecular flexibility index (Phi) is 65.9. The fourth-order valence-electron chi connectivity index (χ4n) is 2.69. The first kappa shape index (κ1) is 40.1. The maximum absolute atomic E-state index is 5.48. The smallest absolute Gasteiger partial charge is 0.00773 e. The van der Waals surface area contributed by atoms with Crippen molar-refractivity contribution in [1.29, 1.82) is 0 Å². The van der Waals surface area contributed by atoms with Gasteiger partial charge >= 0.3 is 0 Å². The maximum atomic E-state index is 5.48. The molecule has 0 aromatic heterocycles. The number of halogens is 3. The third kappa shape index (κ3) is 38.7. The summed E-state index contributed by atoms with van der Waals surface area (Å²) in [6, 6.07) is 0. The Morgan fingerprint density at radius 1 is 0.417 bits per heavy atom. The Morgan fingerprint density at radius 3 is 0.833 bits per heavy atom. The molecule has 8 N–H and O–H groups in total. The van der Waals surface area contributed by atoms with Gasteiger partial charge in [0.15, 0.2) is 0 Å². The number of hydrogen-bond donors (Lipinski definition) is 3. The van der Waals surface area contributed by atoms with Gasteiger partial charge in [-0.2, -0.15) is 0 Å². The second-order valence-corrected chi connectivity index (χ2v) is 6.09. The van der Waals surface area contributed by atoms with Crippen LogP contribution in [0.25, 0.3) is 0 Å². The van der Waals surface area contributed by atoms with Crippen LogP contribution in [-0.2, 0) is 0 Å². The summed E-state index contributed by atoms with van der Waals surface area (Å²) >= 11 is 0. The Morgan fingerprint density at radius 2 is 0.625 bits per heavy atom. The van der Waals surface area contributed by atoms with Crippen LogP contribution in [0, 0.1) is 0 Å². The van der Waals surface area contributed by atoms with Gasteiger partial charge in [-0.05, 0) is 13.0 Å². The van der Waals surface area contributed by atoms with Gasteiger partial charge in [-0.15, -0.1) is 50.9 Å². The molecule has 6 heteroatoms. The van der Waals surface area contributed by atoms with E-state index >= 15 is 0 Å². The summed E-state index contributed by atoms with van der Waals surface area (Å²) in [6.07, 6.45) is 22.9. The quantitative estimate of drug-likeness (QED) is 0.170. The van der Waals surface area contributed by atoms with Gasteiger partial charge in [0.25, 0.3) is 0 Å². The van der Waals surface area contributed by atoms with Crippen molar-refractivity contribution >= 4 is 50.9 Å². The van der Waals surface area contributed by atoms with Crippen LogP contribution < -0.4 is 18.0 Å². The SMILES string of the molecule is Br.Br.Br.CCCCCCCCCCCCCCCCCCN.N.N. The van der Waals surface area contributed by atoms with E-state index in [0.717, 1.165) is 6.54 Å². The lowest BCUT2D eigenvalue weighted by Gasteiger charge is -2.03. The van der Waals surface area contributed by atoms with Crippen LogP contribution in [0.2, 0.25) is 0 Å². The third-order valence-corrected chi connectivity index (χ3v) is 4.06. The van der Waals surface area contributed by atoms with Crippen LogP contribution in [0.3, 0.4) is 0 Å². The summed E-state index contributed by atoms with van der Waals surface area (Å²) < 4.78 is 0. The van der Waals surface area contributed by atoms with Crippen LogP contribution in [0.5, 0.6) is 0 Å². The van der Waals surface area contributed by atoms with Crippen molar-refractivity contribution in [2.75, 3.05) is 6.54 Å². The molecule has 0 amide bonds. The monoisotopic (exact) mass is 543 g/mol. The molecule has 0 rings (SSSR count). The molecule has 0 aromatic rings. The molecule has 156 valence electrons. The predicted octanol–water partition coefficient (Wildman–Crippen LogP) is 8.26. The molecule has 0 aliphatic rings. The lowest BCUT2D eigenvalue weighted by molar-refractivity contribution is 0.530. The number of unbranched alkanes of at least 4 members (excludes halogenated alkanes) is 15. The molecule has 24 heavy (non-hydrogen) atoms. The van der Waals surface area contributed by atoms with Crippen molar-refractivity contribution in [3.05, 3.63) is 0 Å². The summed E-state index contributed by atoms with van der Waals surface area (Å²) in [5, 5.41) is 0. The predicted molar refractivity (Wildman–Crippen MR) is 130 cm³/mol. The molecule has 0 radical (unpaired) electrons. The Bertz CT molecular complexity index is 148. The first-order valence-electron chi connectivity index (χ1n) is 9.12. The van der Waals surface area contributed by atoms with Gasteiger partial charge in [0.2, 0.25) is 0 Å². The van der Waals surface area contributed by atoms with Crippen LogP contribution in [0.15, 0.2) is 0 Å². The first-order chi connectivity index (χ1) is 9.41. The zero-order chi connectivity index (χ0) is 14.0. The number of nitrogens with two attached hydrogens (primary N) is 1. The van der Waals surface area contributed by atoms with Crippen LogP contribution in [-0.4, -0.2) is 6.54 Å². The summed E-state index contributed by atoms with van der Waals surface area (Å²) in [4.78, 5) is 0. The highest BCUT2D eigenvalue weighted by atomic mass is 79.9. The minimum Gasteiger partial charge on any atom is -0.344 e. The van der Waals surface area contributed by atoms with Crippen molar-refractivity contribution in [3.63, 3.8) is 0 Å². The fraction of sp³-hybridized carbons (Fsp3) is 1.00. The van der Waals surface area contributed by atoms with E-state index in [2.05, 4.69) is 6.92 Å². The standard InChI is InChI=1S/C18H39N.3BrH.2H3N/c1-2-3-4-5-6-7-8-9-10-11-12-13-14-15-16-17-18-19;;;;;/h2-19H2,1H3;3*1H;2*1H3. The minimum atomic E-state index is 0. The van der Waals surface area contributed by atoms with Crippen molar-refractivity contribution in [3.8, 4) is 0 Å². The van der Waals surface area contributed by atoms with E-state index in [1.165, 1.54) is 103 Å². The van der Waals surface area contributed by atoms with Crippen LogP contribution in [0.4, 0.5) is 0 Å². The van der Waals surface area contributed by atoms with E-state index in [9.17, 15) is 0 Å². The summed E-state index contributed by atoms with van der Waals surface area (Å²) in [6.45, 7) is 3.16. The second-order valence-electron chi connectivity index (χ2n) is 6.09. The van der Waals surface area contributed by atoms with E-state index in [4.69, 9.17) is 5.73 Å². The molecule has 0 aromatic carbocycles. The van der Waals surface area contributed by atoms with Crippen LogP contribution >= 0.6 is 50.9 Å². The molecule has 0 bridgehead atoms. The molecule has 0 heterocycles. The Hall–Kier alpha value is 1.32. The highest BCUT2D eigenvalue weighted by molar-refractivity contribution is 8.93. The first-order valence-corrected chi connectivity index (χ1v) is 9.12. The van der Waals surface area contributed by atoms with Crippen molar-refractivity contribution in [2.45, 2.75) is 110 Å². The van der Waals surface area contributed by atoms with Gasteiger partial charge in [-0.3, -0.25) is 0 Å². The van der Waals surface area contributed by atoms with E-state index in [-0.39, 0.29) is 63.2 Å². The Balaban J connectivity index is -0.000000162. The van der Waals surface area contributed by atoms with Gasteiger partial charge in [0, 0.05) is 0 Å². The average Bonchev–Trinajstić information content (AvgIpc) is 2.43. The van der Waals surface area contributed by atoms with E-state index < -0.39 is 0 Å². The highest BCUT2D eigenvalue weighted by Gasteiger charge is 1.94. The van der Waals surface area contributed by atoms with Crippen molar-refractivity contribution < 1.29 is 0 Å². The highest BCUT2D eigenvalue weighted by Crippen LogP contribution is 2.13. The zero-order valence-corrected chi connectivity index (χ0v) is 21.4. The second kappa shape index (κ2) is 39.4. The number of hydrogen-bond acceptors (Lipinski definition) is 3. The average molecular weight is 546 g/mol. The van der Waals surface area contributed by atoms with E-state index in [1.807, 2.05) is 0 Å². The molecule has 3 nitrogen and oxygen atoms in total. The third-order valence-electron chi connectivity index (χ3n) is 4.06. The van der Waals surface area contributed by atoms with Gasteiger partial charge < -0.3 is 18.0 Å². The molecular formula is C18H48Br3N3. The normalized spacial score (nSPS) is 8.75. The van der Waals surface area contributed by atoms with E-state index in [0.29, 0.717) is 0 Å². The van der Waals surface area contributed by atoms with E-state index in [1.54, 1.807) is 0 Å². The van der Waals surface area contributed by atoms with Crippen molar-refractivity contribution in [1.82, 2.24) is 12.3 Å². The number of rotatable bonds is 16. The molecule has 0 fully saturated rings. The molecule has 0 aliphatic carbocycles. The molecule has 0 aliphatic heterocycles. The van der Waals surface area contributed by atoms with Gasteiger partial charge in [-0.1, -0.05) is 103 Å².